The quantitative estimate of drug-likeness (QED) is 0.865. The van der Waals surface area contributed by atoms with Crippen molar-refractivity contribution in [2.75, 3.05) is 20.8 Å². The second kappa shape index (κ2) is 7.13. The molecule has 2 rings (SSSR count). The summed E-state index contributed by atoms with van der Waals surface area (Å²) in [7, 11) is 3.02. The zero-order valence-corrected chi connectivity index (χ0v) is 13.8. The minimum Gasteiger partial charge on any atom is -0.493 e. The lowest BCUT2D eigenvalue weighted by Crippen LogP contribution is -2.34. The van der Waals surface area contributed by atoms with Gasteiger partial charge in [0.15, 0.2) is 11.5 Å². The summed E-state index contributed by atoms with van der Waals surface area (Å²) in [5.74, 6) is 1.07. The number of carbonyl (C=O) groups excluding carboxylic acids is 1. The molecule has 1 heterocycles. The van der Waals surface area contributed by atoms with E-state index >= 15 is 0 Å². The SMILES string of the molecule is COc1cc2ncn(CC(=O)NCC(C)C)c(=O)c2cc1OC. The van der Waals surface area contributed by atoms with Gasteiger partial charge in [0, 0.05) is 12.6 Å². The van der Waals surface area contributed by atoms with Crippen molar-refractivity contribution in [2.24, 2.45) is 5.92 Å². The monoisotopic (exact) mass is 319 g/mol. The van der Waals surface area contributed by atoms with Crippen LogP contribution in [-0.4, -0.2) is 36.2 Å². The van der Waals surface area contributed by atoms with Gasteiger partial charge in [-0.05, 0) is 12.0 Å². The number of hydrogen-bond donors (Lipinski definition) is 1. The number of amides is 1. The van der Waals surface area contributed by atoms with Crippen molar-refractivity contribution in [1.82, 2.24) is 14.9 Å². The van der Waals surface area contributed by atoms with E-state index in [4.69, 9.17) is 9.47 Å². The van der Waals surface area contributed by atoms with Crippen molar-refractivity contribution < 1.29 is 14.3 Å². The maximum absolute atomic E-state index is 12.5. The summed E-state index contributed by atoms with van der Waals surface area (Å²) in [6.07, 6.45) is 1.37. The predicted octanol–water partition coefficient (Wildman–Crippen LogP) is 1.19. The number of nitrogens with zero attached hydrogens (tertiary/aromatic N) is 2. The number of benzene rings is 1. The van der Waals surface area contributed by atoms with Crippen LogP contribution in [0.15, 0.2) is 23.3 Å². The van der Waals surface area contributed by atoms with Crippen LogP contribution in [-0.2, 0) is 11.3 Å². The molecule has 1 amide bonds. The predicted molar refractivity (Wildman–Crippen MR) is 87.0 cm³/mol. The largest absolute Gasteiger partial charge is 0.493 e. The van der Waals surface area contributed by atoms with Crippen LogP contribution in [0.2, 0.25) is 0 Å². The fourth-order valence-electron chi connectivity index (χ4n) is 2.13. The summed E-state index contributed by atoms with van der Waals surface area (Å²) in [6.45, 7) is 4.51. The van der Waals surface area contributed by atoms with E-state index in [9.17, 15) is 9.59 Å². The van der Waals surface area contributed by atoms with Gasteiger partial charge >= 0.3 is 0 Å². The molecule has 1 aromatic heterocycles. The third-order valence-corrected chi connectivity index (χ3v) is 3.35. The van der Waals surface area contributed by atoms with Crippen LogP contribution < -0.4 is 20.3 Å². The van der Waals surface area contributed by atoms with E-state index in [1.807, 2.05) is 13.8 Å². The first-order valence-corrected chi connectivity index (χ1v) is 7.34. The van der Waals surface area contributed by atoms with Crippen LogP contribution in [0, 0.1) is 5.92 Å². The molecule has 0 unspecified atom stereocenters. The Balaban J connectivity index is 2.34. The molecular formula is C16H21N3O4. The van der Waals surface area contributed by atoms with Gasteiger partial charge in [-0.1, -0.05) is 13.8 Å². The van der Waals surface area contributed by atoms with Crippen LogP contribution in [0.25, 0.3) is 10.9 Å². The molecule has 0 fully saturated rings. The Kier molecular flexibility index (Phi) is 5.20. The number of rotatable bonds is 6. The fraction of sp³-hybridized carbons (Fsp3) is 0.438. The summed E-state index contributed by atoms with van der Waals surface area (Å²) in [4.78, 5) is 28.6. The highest BCUT2D eigenvalue weighted by atomic mass is 16.5. The number of carbonyl (C=O) groups is 1. The first-order chi connectivity index (χ1) is 11.0. The Morgan fingerprint density at radius 1 is 1.26 bits per heavy atom. The van der Waals surface area contributed by atoms with Gasteiger partial charge in [0.1, 0.15) is 6.54 Å². The molecule has 1 N–H and O–H groups in total. The highest BCUT2D eigenvalue weighted by Gasteiger charge is 2.12. The maximum Gasteiger partial charge on any atom is 0.261 e. The number of aromatic nitrogens is 2. The van der Waals surface area contributed by atoms with Gasteiger partial charge in [-0.25, -0.2) is 4.98 Å². The van der Waals surface area contributed by atoms with Gasteiger partial charge in [-0.2, -0.15) is 0 Å². The summed E-state index contributed by atoms with van der Waals surface area (Å²) >= 11 is 0. The molecule has 1 aromatic carbocycles. The van der Waals surface area contributed by atoms with Crippen LogP contribution in [0.5, 0.6) is 11.5 Å². The molecule has 2 aromatic rings. The molecular weight excluding hydrogens is 298 g/mol. The lowest BCUT2D eigenvalue weighted by atomic mass is 10.2. The number of nitrogens with one attached hydrogen (secondary N) is 1. The molecule has 0 spiro atoms. The van der Waals surface area contributed by atoms with Crippen LogP contribution in [0.1, 0.15) is 13.8 Å². The third-order valence-electron chi connectivity index (χ3n) is 3.35. The summed E-state index contributed by atoms with van der Waals surface area (Å²) < 4.78 is 11.7. The van der Waals surface area contributed by atoms with E-state index in [1.54, 1.807) is 12.1 Å². The van der Waals surface area contributed by atoms with Gasteiger partial charge < -0.3 is 14.8 Å². The molecule has 124 valence electrons. The minimum atomic E-state index is -0.296. The molecule has 0 saturated heterocycles. The van der Waals surface area contributed by atoms with Crippen molar-refractivity contribution in [1.29, 1.82) is 0 Å². The molecule has 0 atom stereocenters. The van der Waals surface area contributed by atoms with Gasteiger partial charge in [0.05, 0.1) is 31.4 Å². The van der Waals surface area contributed by atoms with Crippen molar-refractivity contribution >= 4 is 16.8 Å². The number of methoxy groups -OCH3 is 2. The van der Waals surface area contributed by atoms with E-state index in [0.717, 1.165) is 0 Å². The average molecular weight is 319 g/mol. The second-order valence-electron chi connectivity index (χ2n) is 5.60. The molecule has 0 aliphatic carbocycles. The first kappa shape index (κ1) is 16.8. The number of fused-ring (bicyclic) bond motifs is 1. The standard InChI is InChI=1S/C16H21N3O4/c1-10(2)7-17-15(20)8-19-9-18-12-6-14(23-4)13(22-3)5-11(12)16(19)21/h5-6,9-10H,7-8H2,1-4H3,(H,17,20). The van der Waals surface area contributed by atoms with E-state index < -0.39 is 0 Å². The third kappa shape index (κ3) is 3.80. The molecule has 7 nitrogen and oxygen atoms in total. The highest BCUT2D eigenvalue weighted by molar-refractivity contribution is 5.82. The van der Waals surface area contributed by atoms with Gasteiger partial charge in [-0.15, -0.1) is 0 Å². The van der Waals surface area contributed by atoms with Crippen molar-refractivity contribution in [3.8, 4) is 11.5 Å². The Bertz CT molecular complexity index is 768. The molecule has 0 aliphatic rings. The average Bonchev–Trinajstić information content (AvgIpc) is 2.54. The fourth-order valence-corrected chi connectivity index (χ4v) is 2.13. The minimum absolute atomic E-state index is 0.0666. The van der Waals surface area contributed by atoms with Gasteiger partial charge in [0.2, 0.25) is 5.91 Å². The summed E-state index contributed by atoms with van der Waals surface area (Å²) in [5, 5.41) is 3.15. The van der Waals surface area contributed by atoms with Crippen LogP contribution in [0.4, 0.5) is 0 Å². The van der Waals surface area contributed by atoms with Crippen LogP contribution in [0.3, 0.4) is 0 Å². The zero-order valence-electron chi connectivity index (χ0n) is 13.8. The van der Waals surface area contributed by atoms with E-state index in [0.29, 0.717) is 34.9 Å². The summed E-state index contributed by atoms with van der Waals surface area (Å²) in [5.41, 5.74) is 0.196. The topological polar surface area (TPSA) is 82.5 Å². The second-order valence-corrected chi connectivity index (χ2v) is 5.60. The first-order valence-electron chi connectivity index (χ1n) is 7.34. The number of ether oxygens (including phenoxy) is 2. The molecule has 23 heavy (non-hydrogen) atoms. The normalized spacial score (nSPS) is 10.8. The lowest BCUT2D eigenvalue weighted by Gasteiger charge is -2.11. The van der Waals surface area contributed by atoms with Gasteiger partial charge in [0.25, 0.3) is 5.56 Å². The van der Waals surface area contributed by atoms with Crippen molar-refractivity contribution in [3.05, 3.63) is 28.8 Å². The van der Waals surface area contributed by atoms with E-state index in [-0.39, 0.29) is 18.0 Å². The maximum atomic E-state index is 12.5. The van der Waals surface area contributed by atoms with Gasteiger partial charge in [-0.3, -0.25) is 14.2 Å². The lowest BCUT2D eigenvalue weighted by molar-refractivity contribution is -0.121. The van der Waals surface area contributed by atoms with E-state index in [1.165, 1.54) is 25.1 Å². The van der Waals surface area contributed by atoms with Crippen LogP contribution >= 0.6 is 0 Å². The number of hydrogen-bond acceptors (Lipinski definition) is 5. The van der Waals surface area contributed by atoms with Crippen molar-refractivity contribution in [2.45, 2.75) is 20.4 Å². The Morgan fingerprint density at radius 2 is 1.91 bits per heavy atom. The molecule has 0 radical (unpaired) electrons. The summed E-state index contributed by atoms with van der Waals surface area (Å²) in [6, 6.07) is 3.21. The van der Waals surface area contributed by atoms with Crippen molar-refractivity contribution in [3.63, 3.8) is 0 Å². The Labute approximate surface area is 134 Å². The Morgan fingerprint density at radius 3 is 2.52 bits per heavy atom. The van der Waals surface area contributed by atoms with E-state index in [2.05, 4.69) is 10.3 Å². The smallest absolute Gasteiger partial charge is 0.261 e. The molecule has 0 bridgehead atoms. The zero-order chi connectivity index (χ0) is 17.0. The molecule has 0 saturated carbocycles. The highest BCUT2D eigenvalue weighted by Crippen LogP contribution is 2.29. The molecule has 7 heteroatoms. The Hall–Kier alpha value is -2.57. The molecule has 0 aliphatic heterocycles.